The molecule has 1 aliphatic heterocycles. The number of para-hydroxylation sites is 1. The van der Waals surface area contributed by atoms with Crippen LogP contribution in [-0.2, 0) is 0 Å². The summed E-state index contributed by atoms with van der Waals surface area (Å²) in [5.41, 5.74) is 2.18. The second-order valence-electron chi connectivity index (χ2n) is 8.30. The molecule has 0 N–H and O–H groups in total. The summed E-state index contributed by atoms with van der Waals surface area (Å²) < 4.78 is 5.34. The van der Waals surface area contributed by atoms with Crippen LogP contribution in [0.5, 0.6) is 0 Å². The van der Waals surface area contributed by atoms with Crippen LogP contribution in [0.3, 0.4) is 0 Å². The quantitative estimate of drug-likeness (QED) is 0.493. The first-order valence-electron chi connectivity index (χ1n) is 10.9. The number of hydrogen-bond donors (Lipinski definition) is 0. The lowest BCUT2D eigenvalue weighted by atomic mass is 10.2. The zero-order chi connectivity index (χ0) is 21.5. The number of carbonyl (C=O) groups excluding carboxylic acids is 1. The number of carbonyl (C=O) groups is 1. The van der Waals surface area contributed by atoms with Crippen molar-refractivity contribution in [1.29, 1.82) is 0 Å². The summed E-state index contributed by atoms with van der Waals surface area (Å²) in [6, 6.07) is 15.5. The van der Waals surface area contributed by atoms with Gasteiger partial charge in [-0.15, -0.1) is 0 Å². The van der Waals surface area contributed by atoms with E-state index in [0.29, 0.717) is 30.5 Å². The van der Waals surface area contributed by atoms with Crippen LogP contribution in [0.1, 0.15) is 35.1 Å². The predicted molar refractivity (Wildman–Crippen MR) is 119 cm³/mol. The molecule has 3 aromatic heterocycles. The summed E-state index contributed by atoms with van der Waals surface area (Å²) in [5.74, 6) is 2.61. The molecule has 1 aromatic carbocycles. The lowest BCUT2D eigenvalue weighted by Crippen LogP contribution is -2.49. The number of hydrogen-bond acceptors (Lipinski definition) is 7. The van der Waals surface area contributed by atoms with E-state index in [1.807, 2.05) is 53.4 Å². The Bertz CT molecular complexity index is 1270. The van der Waals surface area contributed by atoms with Crippen LogP contribution >= 0.6 is 0 Å². The second kappa shape index (κ2) is 7.71. The van der Waals surface area contributed by atoms with Crippen LogP contribution in [0, 0.1) is 0 Å². The third-order valence-electron chi connectivity index (χ3n) is 6.08. The highest BCUT2D eigenvalue weighted by Gasteiger charge is 2.30. The van der Waals surface area contributed by atoms with Gasteiger partial charge in [0, 0.05) is 49.2 Å². The summed E-state index contributed by atoms with van der Waals surface area (Å²) in [6.07, 6.45) is 4.04. The molecule has 32 heavy (non-hydrogen) atoms. The molecule has 160 valence electrons. The van der Waals surface area contributed by atoms with E-state index in [-0.39, 0.29) is 5.91 Å². The van der Waals surface area contributed by atoms with Crippen molar-refractivity contribution in [1.82, 2.24) is 25.0 Å². The molecular formula is C24H22N6O2. The Kier molecular flexibility index (Phi) is 4.56. The number of amides is 1. The van der Waals surface area contributed by atoms with Crippen molar-refractivity contribution in [2.75, 3.05) is 31.1 Å². The van der Waals surface area contributed by atoms with Crippen molar-refractivity contribution >= 4 is 22.6 Å². The van der Waals surface area contributed by atoms with Gasteiger partial charge in [-0.05, 0) is 37.1 Å². The molecule has 2 fully saturated rings. The molecule has 0 unspecified atom stereocenters. The van der Waals surface area contributed by atoms with Gasteiger partial charge in [-0.25, -0.2) is 9.97 Å². The minimum atomic E-state index is -0.0257. The van der Waals surface area contributed by atoms with Crippen LogP contribution in [0.15, 0.2) is 59.3 Å². The Morgan fingerprint density at radius 1 is 0.938 bits per heavy atom. The fourth-order valence-electron chi connectivity index (χ4n) is 4.04. The van der Waals surface area contributed by atoms with E-state index in [4.69, 9.17) is 4.52 Å². The standard InChI is InChI=1S/C24H22N6O2/c31-24(20-9-7-16-3-1-2-4-19(16)26-20)30-13-11-29(12-14-30)21-10-8-18(15-25-21)22-27-23(32-28-22)17-5-6-17/h1-4,7-10,15,17H,5-6,11-14H2. The molecule has 0 atom stereocenters. The number of nitrogens with zero attached hydrogens (tertiary/aromatic N) is 6. The van der Waals surface area contributed by atoms with Crippen molar-refractivity contribution in [3.8, 4) is 11.4 Å². The van der Waals surface area contributed by atoms with E-state index in [1.54, 1.807) is 6.20 Å². The Hall–Kier alpha value is -3.81. The van der Waals surface area contributed by atoms with E-state index in [1.165, 1.54) is 0 Å². The highest BCUT2D eigenvalue weighted by Crippen LogP contribution is 2.39. The Morgan fingerprint density at radius 2 is 1.78 bits per heavy atom. The molecule has 6 rings (SSSR count). The molecule has 2 aliphatic rings. The van der Waals surface area contributed by atoms with E-state index >= 15 is 0 Å². The fraction of sp³-hybridized carbons (Fsp3) is 0.292. The molecule has 1 aliphatic carbocycles. The molecule has 0 radical (unpaired) electrons. The lowest BCUT2D eigenvalue weighted by molar-refractivity contribution is 0.0741. The highest BCUT2D eigenvalue weighted by atomic mass is 16.5. The van der Waals surface area contributed by atoms with Crippen LogP contribution < -0.4 is 4.90 Å². The molecule has 0 spiro atoms. The second-order valence-corrected chi connectivity index (χ2v) is 8.30. The smallest absolute Gasteiger partial charge is 0.272 e. The van der Waals surface area contributed by atoms with Gasteiger partial charge < -0.3 is 14.3 Å². The number of benzene rings is 1. The number of aromatic nitrogens is 4. The zero-order valence-electron chi connectivity index (χ0n) is 17.5. The van der Waals surface area contributed by atoms with Gasteiger partial charge in [0.05, 0.1) is 5.52 Å². The first-order chi connectivity index (χ1) is 15.7. The van der Waals surface area contributed by atoms with Crippen molar-refractivity contribution in [2.45, 2.75) is 18.8 Å². The maximum atomic E-state index is 12.9. The molecule has 8 nitrogen and oxygen atoms in total. The zero-order valence-corrected chi connectivity index (χ0v) is 17.5. The van der Waals surface area contributed by atoms with Crippen molar-refractivity contribution in [3.05, 3.63) is 66.3 Å². The normalized spacial score (nSPS) is 16.5. The van der Waals surface area contributed by atoms with Crippen LogP contribution in [0.4, 0.5) is 5.82 Å². The molecule has 8 heteroatoms. The third-order valence-corrected chi connectivity index (χ3v) is 6.08. The molecule has 4 heterocycles. The van der Waals surface area contributed by atoms with Gasteiger partial charge in [0.2, 0.25) is 11.7 Å². The summed E-state index contributed by atoms with van der Waals surface area (Å²) in [7, 11) is 0. The van der Waals surface area contributed by atoms with Crippen molar-refractivity contribution < 1.29 is 9.32 Å². The van der Waals surface area contributed by atoms with Crippen LogP contribution in [0.2, 0.25) is 0 Å². The minimum absolute atomic E-state index is 0.0257. The predicted octanol–water partition coefficient (Wildman–Crippen LogP) is 3.52. The first kappa shape index (κ1) is 18.9. The average molecular weight is 426 g/mol. The largest absolute Gasteiger partial charge is 0.353 e. The topological polar surface area (TPSA) is 88.3 Å². The Labute approximate surface area is 184 Å². The van der Waals surface area contributed by atoms with Gasteiger partial charge in [0.25, 0.3) is 5.91 Å². The number of rotatable bonds is 4. The fourth-order valence-corrected chi connectivity index (χ4v) is 4.04. The summed E-state index contributed by atoms with van der Waals surface area (Å²) in [5, 5.41) is 5.11. The first-order valence-corrected chi connectivity index (χ1v) is 10.9. The van der Waals surface area contributed by atoms with Crippen molar-refractivity contribution in [2.24, 2.45) is 0 Å². The molecule has 1 amide bonds. The molecular weight excluding hydrogens is 404 g/mol. The van der Waals surface area contributed by atoms with Gasteiger partial charge in [-0.2, -0.15) is 4.98 Å². The number of fused-ring (bicyclic) bond motifs is 1. The van der Waals surface area contributed by atoms with Crippen molar-refractivity contribution in [3.63, 3.8) is 0 Å². The highest BCUT2D eigenvalue weighted by molar-refractivity contribution is 5.95. The number of pyridine rings is 2. The van der Waals surface area contributed by atoms with E-state index < -0.39 is 0 Å². The number of anilines is 1. The summed E-state index contributed by atoms with van der Waals surface area (Å²) in [6.45, 7) is 2.71. The van der Waals surface area contributed by atoms with Gasteiger partial charge >= 0.3 is 0 Å². The Balaban J connectivity index is 1.10. The average Bonchev–Trinajstić information content (AvgIpc) is 3.60. The van der Waals surface area contributed by atoms with Gasteiger partial charge in [0.15, 0.2) is 0 Å². The van der Waals surface area contributed by atoms with Gasteiger partial charge in [-0.3, -0.25) is 4.79 Å². The van der Waals surface area contributed by atoms with Gasteiger partial charge in [-0.1, -0.05) is 29.4 Å². The van der Waals surface area contributed by atoms with Gasteiger partial charge in [0.1, 0.15) is 11.5 Å². The molecule has 1 saturated heterocycles. The molecule has 0 bridgehead atoms. The van der Waals surface area contributed by atoms with Crippen LogP contribution in [0.25, 0.3) is 22.3 Å². The number of piperazine rings is 1. The maximum absolute atomic E-state index is 12.9. The lowest BCUT2D eigenvalue weighted by Gasteiger charge is -2.35. The van der Waals surface area contributed by atoms with E-state index in [0.717, 1.165) is 54.1 Å². The molecule has 1 saturated carbocycles. The minimum Gasteiger partial charge on any atom is -0.353 e. The maximum Gasteiger partial charge on any atom is 0.272 e. The summed E-state index contributed by atoms with van der Waals surface area (Å²) in [4.78, 5) is 30.6. The van der Waals surface area contributed by atoms with E-state index in [9.17, 15) is 4.79 Å². The third kappa shape index (κ3) is 3.57. The van der Waals surface area contributed by atoms with Crippen LogP contribution in [-0.4, -0.2) is 57.1 Å². The van der Waals surface area contributed by atoms with E-state index in [2.05, 4.69) is 25.0 Å². The Morgan fingerprint density at radius 3 is 2.56 bits per heavy atom. The monoisotopic (exact) mass is 426 g/mol. The molecule has 4 aromatic rings. The summed E-state index contributed by atoms with van der Waals surface area (Å²) >= 11 is 0. The SMILES string of the molecule is O=C(c1ccc2ccccc2n1)N1CCN(c2ccc(-c3noc(C4CC4)n3)cn2)CC1.